The quantitative estimate of drug-likeness (QED) is 0.162. The van der Waals surface area contributed by atoms with Crippen molar-refractivity contribution in [2.24, 2.45) is 4.99 Å². The van der Waals surface area contributed by atoms with Crippen LogP contribution in [-0.4, -0.2) is 62.3 Å². The van der Waals surface area contributed by atoms with Crippen LogP contribution in [0.25, 0.3) is 17.1 Å². The molecule has 9 nitrogen and oxygen atoms in total. The lowest BCUT2D eigenvalue weighted by molar-refractivity contribution is -0.274. The molecule has 0 bridgehead atoms. The third kappa shape index (κ3) is 8.11. The molecule has 0 radical (unpaired) electrons. The number of nitrogens with zero attached hydrogens (tertiary/aromatic N) is 5. The van der Waals surface area contributed by atoms with Crippen LogP contribution in [0.1, 0.15) is 11.1 Å². The van der Waals surface area contributed by atoms with Gasteiger partial charge in [-0.05, 0) is 73.4 Å². The van der Waals surface area contributed by atoms with E-state index in [-0.39, 0.29) is 11.7 Å². The van der Waals surface area contributed by atoms with Gasteiger partial charge in [-0.2, -0.15) is 4.99 Å². The highest BCUT2D eigenvalue weighted by molar-refractivity contribution is 9.12. The summed E-state index contributed by atoms with van der Waals surface area (Å²) in [6.45, 7) is 6.52. The summed E-state index contributed by atoms with van der Waals surface area (Å²) in [5.74, 6) is -0.0610. The van der Waals surface area contributed by atoms with E-state index >= 15 is 0 Å². The van der Waals surface area contributed by atoms with Gasteiger partial charge in [0, 0.05) is 12.1 Å². The van der Waals surface area contributed by atoms with E-state index in [0.29, 0.717) is 29.6 Å². The van der Waals surface area contributed by atoms with Crippen molar-refractivity contribution in [3.63, 3.8) is 0 Å². The van der Waals surface area contributed by atoms with Crippen molar-refractivity contribution in [3.8, 4) is 22.8 Å². The van der Waals surface area contributed by atoms with Crippen molar-refractivity contribution in [2.75, 3.05) is 24.8 Å². The Morgan fingerprint density at radius 3 is 2.49 bits per heavy atom. The zero-order valence-electron chi connectivity index (χ0n) is 24.2. The van der Waals surface area contributed by atoms with E-state index in [1.807, 2.05) is 49.4 Å². The van der Waals surface area contributed by atoms with E-state index < -0.39 is 24.5 Å². The lowest BCUT2D eigenvalue weighted by atomic mass is 10.1. The fourth-order valence-electron chi connectivity index (χ4n) is 4.46. The van der Waals surface area contributed by atoms with Crippen LogP contribution in [0.4, 0.5) is 23.7 Å². The highest BCUT2D eigenvalue weighted by atomic mass is 79.9. The fraction of sp³-hybridized carbons (Fsp3) is 0.233. The molecule has 1 aliphatic rings. The number of amidine groups is 1. The molecule has 45 heavy (non-hydrogen) atoms. The zero-order valence-corrected chi connectivity index (χ0v) is 27.5. The number of ether oxygens (including phenoxy) is 1. The van der Waals surface area contributed by atoms with Gasteiger partial charge in [0.1, 0.15) is 16.2 Å². The molecule has 1 aromatic heterocycles. The number of anilines is 1. The molecule has 1 aliphatic heterocycles. The number of alkyl halides is 4. The van der Waals surface area contributed by atoms with Gasteiger partial charge in [-0.3, -0.25) is 9.69 Å². The molecule has 2 heterocycles. The van der Waals surface area contributed by atoms with Gasteiger partial charge in [-0.1, -0.05) is 72.0 Å². The standard InChI is InChI=1S/C30H27BrF3N6O3PS/c1-18-4-13-24(44(2)3)23(16-18)40-27(41)25(31)45-29(40)37-28(42)35-15-14-19-5-7-20(8-6-19)26-36-17-39(38-26)21-9-11-22(12-10-21)43-30(32,33)34/h4-13,16-17,25H,14-15H2,1-3H3,(H,35,42)/b37-29-. The summed E-state index contributed by atoms with van der Waals surface area (Å²) >= 11 is 4.59. The van der Waals surface area contributed by atoms with Crippen molar-refractivity contribution < 1.29 is 27.5 Å². The van der Waals surface area contributed by atoms with E-state index in [4.69, 9.17) is 0 Å². The highest BCUT2D eigenvalue weighted by Gasteiger charge is 2.39. The fourth-order valence-corrected chi connectivity index (χ4v) is 6.98. The van der Waals surface area contributed by atoms with Crippen LogP contribution in [-0.2, 0) is 11.2 Å². The molecule has 234 valence electrons. The van der Waals surface area contributed by atoms with Crippen molar-refractivity contribution in [1.29, 1.82) is 0 Å². The van der Waals surface area contributed by atoms with Gasteiger partial charge in [0.2, 0.25) is 0 Å². The van der Waals surface area contributed by atoms with Gasteiger partial charge >= 0.3 is 12.4 Å². The second-order valence-corrected chi connectivity index (χ2v) is 15.0. The minimum atomic E-state index is -4.76. The monoisotopic (exact) mass is 718 g/mol. The average molecular weight is 720 g/mol. The number of amides is 3. The van der Waals surface area contributed by atoms with Gasteiger partial charge in [0.15, 0.2) is 11.0 Å². The second-order valence-electron chi connectivity index (χ2n) is 10.1. The summed E-state index contributed by atoms with van der Waals surface area (Å²) in [5, 5.41) is 8.60. The number of halogens is 4. The highest BCUT2D eigenvalue weighted by Crippen LogP contribution is 2.38. The molecule has 0 saturated carbocycles. The van der Waals surface area contributed by atoms with Gasteiger partial charge < -0.3 is 10.1 Å². The zero-order chi connectivity index (χ0) is 32.3. The Labute approximate surface area is 271 Å². The Morgan fingerprint density at radius 1 is 1.11 bits per heavy atom. The molecule has 3 aromatic carbocycles. The SMILES string of the molecule is Cc1ccc(P(C)C)c(N2C(=O)C(Br)S/C2=N\C(=O)NCCc2ccc(-c3ncn(-c4ccc(OC(F)(F)F)cc4)n3)cc2)c1. The molecule has 1 unspecified atom stereocenters. The molecule has 3 amide bonds. The summed E-state index contributed by atoms with van der Waals surface area (Å²) in [5.41, 5.74) is 3.99. The first-order valence-corrected chi connectivity index (χ1v) is 17.6. The maximum Gasteiger partial charge on any atom is 0.573 e. The minimum absolute atomic E-state index is 0.178. The number of aliphatic imine (C=N–C) groups is 1. The molecular formula is C30H27BrF3N6O3PS. The van der Waals surface area contributed by atoms with Gasteiger partial charge in [-0.25, -0.2) is 14.5 Å². The Hall–Kier alpha value is -3.74. The van der Waals surface area contributed by atoms with Crippen LogP contribution >= 0.6 is 35.6 Å². The molecule has 1 N–H and O–H groups in total. The van der Waals surface area contributed by atoms with E-state index in [1.165, 1.54) is 51.9 Å². The van der Waals surface area contributed by atoms with Gasteiger partial charge in [0.05, 0.1) is 11.4 Å². The molecule has 1 atom stereocenters. The molecule has 1 fully saturated rings. The normalized spacial score (nSPS) is 16.1. The predicted molar refractivity (Wildman–Crippen MR) is 175 cm³/mol. The Bertz CT molecular complexity index is 1730. The van der Waals surface area contributed by atoms with Crippen LogP contribution in [0.3, 0.4) is 0 Å². The summed E-state index contributed by atoms with van der Waals surface area (Å²) < 4.78 is 42.0. The molecule has 0 spiro atoms. The van der Waals surface area contributed by atoms with Gasteiger partial charge in [0.25, 0.3) is 5.91 Å². The van der Waals surface area contributed by atoms with Gasteiger partial charge in [-0.15, -0.1) is 18.3 Å². The minimum Gasteiger partial charge on any atom is -0.406 e. The number of rotatable bonds is 8. The number of aryl methyl sites for hydroxylation is 1. The number of hydrogen-bond donors (Lipinski definition) is 1. The Morgan fingerprint density at radius 2 is 1.82 bits per heavy atom. The maximum absolute atomic E-state index is 13.0. The van der Waals surface area contributed by atoms with Crippen molar-refractivity contribution >= 4 is 63.7 Å². The number of urea groups is 1. The molecule has 5 rings (SSSR count). The first-order chi connectivity index (χ1) is 21.4. The molecular weight excluding hydrogens is 692 g/mol. The second kappa shape index (κ2) is 13.7. The third-order valence-electron chi connectivity index (χ3n) is 6.59. The molecule has 4 aromatic rings. The number of carbonyl (C=O) groups excluding carboxylic acids is 2. The number of carbonyl (C=O) groups is 2. The molecule has 0 aliphatic carbocycles. The van der Waals surface area contributed by atoms with Crippen LogP contribution in [0.15, 0.2) is 78.0 Å². The smallest absolute Gasteiger partial charge is 0.406 e. The van der Waals surface area contributed by atoms with E-state index in [9.17, 15) is 22.8 Å². The Kier molecular flexibility index (Phi) is 9.95. The topological polar surface area (TPSA) is 102 Å². The number of aromatic nitrogens is 3. The third-order valence-corrected chi connectivity index (χ3v) is 9.78. The van der Waals surface area contributed by atoms with E-state index in [2.05, 4.69) is 54.4 Å². The summed E-state index contributed by atoms with van der Waals surface area (Å²) in [7, 11) is -0.503. The van der Waals surface area contributed by atoms with Crippen molar-refractivity contribution in [1.82, 2.24) is 20.1 Å². The number of nitrogens with one attached hydrogen (secondary N) is 1. The van der Waals surface area contributed by atoms with Crippen molar-refractivity contribution in [3.05, 3.63) is 84.2 Å². The van der Waals surface area contributed by atoms with Crippen LogP contribution in [0, 0.1) is 6.92 Å². The number of hydrogen-bond acceptors (Lipinski definition) is 6. The lowest BCUT2D eigenvalue weighted by Gasteiger charge is -2.22. The van der Waals surface area contributed by atoms with Crippen molar-refractivity contribution in [2.45, 2.75) is 23.9 Å². The molecule has 15 heteroatoms. The van der Waals surface area contributed by atoms with E-state index in [1.54, 1.807) is 0 Å². The van der Waals surface area contributed by atoms with E-state index in [0.717, 1.165) is 27.7 Å². The summed E-state index contributed by atoms with van der Waals surface area (Å²) in [6, 6.07) is 18.3. The van der Waals surface area contributed by atoms with Crippen LogP contribution in [0.2, 0.25) is 0 Å². The largest absolute Gasteiger partial charge is 0.573 e. The molecule has 1 saturated heterocycles. The lowest BCUT2D eigenvalue weighted by Crippen LogP contribution is -2.35. The van der Waals surface area contributed by atoms with Crippen LogP contribution < -0.4 is 20.3 Å². The summed E-state index contributed by atoms with van der Waals surface area (Å²) in [4.78, 5) is 35.9. The first kappa shape index (κ1) is 32.6. The van der Waals surface area contributed by atoms with Crippen LogP contribution in [0.5, 0.6) is 5.75 Å². The first-order valence-electron chi connectivity index (χ1n) is 13.5. The summed E-state index contributed by atoms with van der Waals surface area (Å²) in [6.07, 6.45) is -2.75. The average Bonchev–Trinajstić information content (AvgIpc) is 3.57. The predicted octanol–water partition coefficient (Wildman–Crippen LogP) is 6.62. The maximum atomic E-state index is 13.0. The number of benzene rings is 3. The Balaban J connectivity index is 1.19. The number of thioether (sulfide) groups is 1.